The number of piperidine rings is 1. The second-order valence-corrected chi connectivity index (χ2v) is 8.81. The summed E-state index contributed by atoms with van der Waals surface area (Å²) in [5.74, 6) is -0.652. The van der Waals surface area contributed by atoms with E-state index in [1.807, 2.05) is 0 Å². The van der Waals surface area contributed by atoms with E-state index in [0.717, 1.165) is 25.0 Å². The smallest absolute Gasteiger partial charge is 0.242 e. The highest BCUT2D eigenvalue weighted by Crippen LogP contribution is 2.16. The van der Waals surface area contributed by atoms with E-state index in [0.29, 0.717) is 19.5 Å². The molecule has 2 amide bonds. The fraction of sp³-hybridized carbons (Fsp3) is 0.556. The molecule has 27 heavy (non-hydrogen) atoms. The normalized spacial score (nSPS) is 17.8. The maximum atomic E-state index is 13.0. The average Bonchev–Trinajstić information content (AvgIpc) is 2.61. The molecule has 1 heterocycles. The zero-order chi connectivity index (χ0) is 20.0. The van der Waals surface area contributed by atoms with Crippen LogP contribution in [-0.2, 0) is 19.6 Å². The monoisotopic (exact) mass is 399 g/mol. The largest absolute Gasteiger partial charge is 0.352 e. The molecular formula is C18H26FN3O4S. The Morgan fingerprint density at radius 3 is 2.59 bits per heavy atom. The molecule has 9 heteroatoms. The molecule has 7 nitrogen and oxygen atoms in total. The van der Waals surface area contributed by atoms with Crippen molar-refractivity contribution in [1.82, 2.24) is 14.5 Å². The van der Waals surface area contributed by atoms with Crippen LogP contribution in [0.25, 0.3) is 0 Å². The minimum absolute atomic E-state index is 0.0203. The number of hydrogen-bond donors (Lipinski definition) is 1. The van der Waals surface area contributed by atoms with Crippen LogP contribution in [-0.4, -0.2) is 62.2 Å². The van der Waals surface area contributed by atoms with Crippen LogP contribution in [0.3, 0.4) is 0 Å². The summed E-state index contributed by atoms with van der Waals surface area (Å²) in [6, 6.07) is 4.63. The van der Waals surface area contributed by atoms with Gasteiger partial charge in [0.2, 0.25) is 21.8 Å². The molecule has 1 aliphatic rings. The Morgan fingerprint density at radius 2 is 1.96 bits per heavy atom. The molecular weight excluding hydrogens is 373 g/mol. The summed E-state index contributed by atoms with van der Waals surface area (Å²) in [5, 5.41) is 2.84. The lowest BCUT2D eigenvalue weighted by Gasteiger charge is -2.33. The van der Waals surface area contributed by atoms with E-state index < -0.39 is 15.8 Å². The third-order valence-corrected chi connectivity index (χ3v) is 6.44. The summed E-state index contributed by atoms with van der Waals surface area (Å²) in [6.45, 7) is 2.79. The van der Waals surface area contributed by atoms with Crippen LogP contribution in [0.4, 0.5) is 4.39 Å². The van der Waals surface area contributed by atoms with Gasteiger partial charge in [0.25, 0.3) is 0 Å². The van der Waals surface area contributed by atoms with Gasteiger partial charge in [0.1, 0.15) is 5.82 Å². The number of hydrogen-bond acceptors (Lipinski definition) is 4. The van der Waals surface area contributed by atoms with Crippen LogP contribution < -0.4 is 5.32 Å². The number of carbonyl (C=O) groups is 2. The Balaban J connectivity index is 1.83. The quantitative estimate of drug-likeness (QED) is 0.750. The number of rotatable bonds is 7. The van der Waals surface area contributed by atoms with Crippen LogP contribution >= 0.6 is 0 Å². The summed E-state index contributed by atoms with van der Waals surface area (Å²) in [7, 11) is -2.27. The Morgan fingerprint density at radius 1 is 1.30 bits per heavy atom. The van der Waals surface area contributed by atoms with Crippen LogP contribution in [0, 0.1) is 5.82 Å². The van der Waals surface area contributed by atoms with E-state index in [4.69, 9.17) is 0 Å². The van der Waals surface area contributed by atoms with Gasteiger partial charge < -0.3 is 10.2 Å². The topological polar surface area (TPSA) is 86.8 Å². The SMILES string of the molecule is CC(=O)N[C@H]1CCCN(C(=O)CCCN(C)S(=O)(=O)c2ccc(F)cc2)C1. The van der Waals surface area contributed by atoms with E-state index in [2.05, 4.69) is 5.32 Å². The first-order valence-electron chi connectivity index (χ1n) is 8.97. The lowest BCUT2D eigenvalue weighted by molar-refractivity contribution is -0.133. The second-order valence-electron chi connectivity index (χ2n) is 6.76. The van der Waals surface area contributed by atoms with Crippen LogP contribution in [0.2, 0.25) is 0 Å². The number of halogens is 1. The van der Waals surface area contributed by atoms with E-state index in [-0.39, 0.29) is 35.7 Å². The molecule has 1 aromatic rings. The molecule has 0 radical (unpaired) electrons. The van der Waals surface area contributed by atoms with Crippen LogP contribution in [0.1, 0.15) is 32.6 Å². The first-order chi connectivity index (χ1) is 12.7. The van der Waals surface area contributed by atoms with Gasteiger partial charge in [-0.05, 0) is 43.5 Å². The van der Waals surface area contributed by atoms with E-state index in [1.165, 1.54) is 30.4 Å². The van der Waals surface area contributed by atoms with Crippen molar-refractivity contribution in [1.29, 1.82) is 0 Å². The Hall–Kier alpha value is -2.00. The molecule has 0 unspecified atom stereocenters. The highest BCUT2D eigenvalue weighted by Gasteiger charge is 2.25. The standard InChI is InChI=1S/C18H26FN3O4S/c1-14(23)20-16-5-3-12-22(13-16)18(24)6-4-11-21(2)27(25,26)17-9-7-15(19)8-10-17/h7-10,16H,3-6,11-13H2,1-2H3,(H,20,23)/t16-/m0/s1. The predicted molar refractivity (Wildman–Crippen MR) is 98.9 cm³/mol. The predicted octanol–water partition coefficient (Wildman–Crippen LogP) is 1.35. The first kappa shape index (κ1) is 21.3. The van der Waals surface area contributed by atoms with Crippen molar-refractivity contribution >= 4 is 21.8 Å². The third kappa shape index (κ3) is 6.00. The molecule has 0 aliphatic carbocycles. The average molecular weight is 399 g/mol. The number of amides is 2. The van der Waals surface area contributed by atoms with Crippen molar-refractivity contribution in [3.05, 3.63) is 30.1 Å². The van der Waals surface area contributed by atoms with Gasteiger partial charge in [0, 0.05) is 46.1 Å². The maximum Gasteiger partial charge on any atom is 0.242 e. The third-order valence-electron chi connectivity index (χ3n) is 4.57. The Kier molecular flexibility index (Phi) is 7.32. The number of benzene rings is 1. The van der Waals surface area contributed by atoms with Crippen LogP contribution in [0.15, 0.2) is 29.2 Å². The second kappa shape index (κ2) is 9.27. The lowest BCUT2D eigenvalue weighted by atomic mass is 10.0. The molecule has 1 aliphatic heterocycles. The first-order valence-corrected chi connectivity index (χ1v) is 10.4. The Labute approximate surface area is 159 Å². The molecule has 1 aromatic carbocycles. The highest BCUT2D eigenvalue weighted by molar-refractivity contribution is 7.89. The molecule has 1 saturated heterocycles. The van der Waals surface area contributed by atoms with E-state index in [1.54, 1.807) is 4.90 Å². The summed E-state index contributed by atoms with van der Waals surface area (Å²) < 4.78 is 39.0. The molecule has 0 spiro atoms. The number of nitrogens with one attached hydrogen (secondary N) is 1. The van der Waals surface area contributed by atoms with Gasteiger partial charge in [-0.25, -0.2) is 17.1 Å². The minimum Gasteiger partial charge on any atom is -0.352 e. The van der Waals surface area contributed by atoms with Gasteiger partial charge in [-0.2, -0.15) is 0 Å². The van der Waals surface area contributed by atoms with Crippen molar-refractivity contribution in [3.8, 4) is 0 Å². The fourth-order valence-corrected chi connectivity index (χ4v) is 4.34. The molecule has 0 saturated carbocycles. The summed E-state index contributed by atoms with van der Waals surface area (Å²) in [5.41, 5.74) is 0. The van der Waals surface area contributed by atoms with Crippen molar-refractivity contribution in [2.75, 3.05) is 26.7 Å². The van der Waals surface area contributed by atoms with Gasteiger partial charge in [-0.3, -0.25) is 9.59 Å². The van der Waals surface area contributed by atoms with Crippen molar-refractivity contribution in [2.45, 2.75) is 43.5 Å². The van der Waals surface area contributed by atoms with Gasteiger partial charge in [0.05, 0.1) is 4.90 Å². The van der Waals surface area contributed by atoms with Gasteiger partial charge in [0.15, 0.2) is 0 Å². The fourth-order valence-electron chi connectivity index (χ4n) is 3.13. The number of nitrogens with zero attached hydrogens (tertiary/aromatic N) is 2. The number of carbonyl (C=O) groups excluding carboxylic acids is 2. The van der Waals surface area contributed by atoms with Crippen LogP contribution in [0.5, 0.6) is 0 Å². The molecule has 0 bridgehead atoms. The molecule has 2 rings (SSSR count). The van der Waals surface area contributed by atoms with Crippen molar-refractivity contribution in [2.24, 2.45) is 0 Å². The summed E-state index contributed by atoms with van der Waals surface area (Å²) >= 11 is 0. The highest BCUT2D eigenvalue weighted by atomic mass is 32.2. The molecule has 0 aromatic heterocycles. The van der Waals surface area contributed by atoms with E-state index in [9.17, 15) is 22.4 Å². The van der Waals surface area contributed by atoms with E-state index >= 15 is 0 Å². The zero-order valence-electron chi connectivity index (χ0n) is 15.7. The molecule has 1 fully saturated rings. The van der Waals surface area contributed by atoms with Crippen molar-refractivity contribution < 1.29 is 22.4 Å². The molecule has 1 atom stereocenters. The molecule has 1 N–H and O–H groups in total. The zero-order valence-corrected chi connectivity index (χ0v) is 16.5. The van der Waals surface area contributed by atoms with Gasteiger partial charge in [-0.1, -0.05) is 0 Å². The number of sulfonamides is 1. The lowest BCUT2D eigenvalue weighted by Crippen LogP contribution is -2.49. The van der Waals surface area contributed by atoms with Gasteiger partial charge in [-0.15, -0.1) is 0 Å². The maximum absolute atomic E-state index is 13.0. The van der Waals surface area contributed by atoms with Gasteiger partial charge >= 0.3 is 0 Å². The van der Waals surface area contributed by atoms with Crippen molar-refractivity contribution in [3.63, 3.8) is 0 Å². The minimum atomic E-state index is -3.71. The summed E-state index contributed by atoms with van der Waals surface area (Å²) in [4.78, 5) is 25.3. The molecule has 150 valence electrons. The Bertz CT molecular complexity index is 767. The number of likely N-dealkylation sites (tertiary alicyclic amines) is 1. The summed E-state index contributed by atoms with van der Waals surface area (Å²) in [6.07, 6.45) is 2.30.